The first-order chi connectivity index (χ1) is 16.0. The highest BCUT2D eigenvalue weighted by molar-refractivity contribution is 5.88. The zero-order valence-electron chi connectivity index (χ0n) is 19.1. The molecule has 1 aromatic carbocycles. The number of alkyl halides is 3. The largest absolute Gasteiger partial charge is 0.490 e. The molecule has 2 saturated carbocycles. The first-order valence-electron chi connectivity index (χ1n) is 11.3. The molecule has 0 spiro atoms. The molecule has 2 aliphatic carbocycles. The summed E-state index contributed by atoms with van der Waals surface area (Å²) in [6, 6.07) is 9.66. The summed E-state index contributed by atoms with van der Waals surface area (Å²) >= 11 is 0. The molecular weight excluding hydrogens is 451 g/mol. The lowest BCUT2D eigenvalue weighted by Crippen LogP contribution is -2.43. The maximum atomic E-state index is 12.3. The van der Waals surface area contributed by atoms with Gasteiger partial charge in [0.2, 0.25) is 11.8 Å². The average molecular weight is 484 g/mol. The Morgan fingerprint density at radius 3 is 2.32 bits per heavy atom. The summed E-state index contributed by atoms with van der Waals surface area (Å²) in [5.41, 5.74) is 6.88. The van der Waals surface area contributed by atoms with Gasteiger partial charge in [-0.3, -0.25) is 9.59 Å². The summed E-state index contributed by atoms with van der Waals surface area (Å²) in [6.45, 7) is 1.66. The fraction of sp³-hybridized carbons (Fsp3) is 0.542. The van der Waals surface area contributed by atoms with Crippen molar-refractivity contribution in [2.75, 3.05) is 0 Å². The first kappa shape index (κ1) is 27.4. The Hall–Kier alpha value is -2.88. The molecule has 3 rings (SSSR count). The fourth-order valence-electron chi connectivity index (χ4n) is 4.35. The molecule has 0 aliphatic heterocycles. The normalized spacial score (nSPS) is 23.0. The number of nitrogens with one attached hydrogen (secondary N) is 2. The number of hydrogen-bond donors (Lipinski definition) is 4. The number of amides is 2. The second kappa shape index (κ2) is 12.5. The Morgan fingerprint density at radius 2 is 1.82 bits per heavy atom. The quantitative estimate of drug-likeness (QED) is 0.424. The van der Waals surface area contributed by atoms with E-state index in [-0.39, 0.29) is 17.9 Å². The Bertz CT molecular complexity index is 859. The zero-order valence-corrected chi connectivity index (χ0v) is 19.1. The Labute approximate surface area is 197 Å². The van der Waals surface area contributed by atoms with Crippen LogP contribution in [0.5, 0.6) is 0 Å². The van der Waals surface area contributed by atoms with E-state index in [0.29, 0.717) is 12.0 Å². The van der Waals surface area contributed by atoms with E-state index in [4.69, 9.17) is 15.6 Å². The smallest absolute Gasteiger partial charge is 0.475 e. The van der Waals surface area contributed by atoms with Crippen LogP contribution in [-0.2, 0) is 20.8 Å². The molecule has 5 atom stereocenters. The molecule has 1 aromatic rings. The van der Waals surface area contributed by atoms with Crippen LogP contribution in [0.1, 0.15) is 44.6 Å². The predicted octanol–water partition coefficient (Wildman–Crippen LogP) is 2.95. The van der Waals surface area contributed by atoms with Gasteiger partial charge in [-0.05, 0) is 56.4 Å². The molecule has 10 heteroatoms. The molecule has 7 nitrogen and oxygen atoms in total. The summed E-state index contributed by atoms with van der Waals surface area (Å²) in [5, 5.41) is 13.2. The summed E-state index contributed by atoms with van der Waals surface area (Å²) in [6.07, 6.45) is 4.77. The van der Waals surface area contributed by atoms with Crippen LogP contribution in [0, 0.1) is 11.8 Å². The number of nitrogens with two attached hydrogens (primary N) is 1. The predicted molar refractivity (Wildman–Crippen MR) is 121 cm³/mol. The summed E-state index contributed by atoms with van der Waals surface area (Å²) < 4.78 is 31.7. The van der Waals surface area contributed by atoms with Crippen molar-refractivity contribution in [3.05, 3.63) is 48.0 Å². The number of benzene rings is 1. The van der Waals surface area contributed by atoms with Gasteiger partial charge in [-0.15, -0.1) is 0 Å². The number of halogens is 3. The lowest BCUT2D eigenvalue weighted by atomic mass is 9.95. The maximum Gasteiger partial charge on any atom is 0.490 e. The van der Waals surface area contributed by atoms with Crippen molar-refractivity contribution < 1.29 is 32.7 Å². The van der Waals surface area contributed by atoms with E-state index < -0.39 is 18.2 Å². The van der Waals surface area contributed by atoms with Gasteiger partial charge in [-0.1, -0.05) is 42.8 Å². The van der Waals surface area contributed by atoms with E-state index in [1.165, 1.54) is 24.8 Å². The van der Waals surface area contributed by atoms with E-state index in [1.54, 1.807) is 19.1 Å². The van der Waals surface area contributed by atoms with Gasteiger partial charge in [0, 0.05) is 18.2 Å². The second-order valence-electron chi connectivity index (χ2n) is 8.88. The number of carbonyl (C=O) groups excluding carboxylic acids is 2. The lowest BCUT2D eigenvalue weighted by Gasteiger charge is -2.22. The molecule has 188 valence electrons. The molecule has 2 fully saturated rings. The van der Waals surface area contributed by atoms with Crippen LogP contribution in [0.3, 0.4) is 0 Å². The van der Waals surface area contributed by atoms with Crippen LogP contribution >= 0.6 is 0 Å². The molecule has 0 heterocycles. The summed E-state index contributed by atoms with van der Waals surface area (Å²) in [4.78, 5) is 33.2. The number of aryl methyl sites for hydroxylation is 1. The van der Waals surface area contributed by atoms with Crippen molar-refractivity contribution in [1.29, 1.82) is 0 Å². The van der Waals surface area contributed by atoms with Gasteiger partial charge >= 0.3 is 12.1 Å². The van der Waals surface area contributed by atoms with Crippen LogP contribution in [0.4, 0.5) is 13.2 Å². The van der Waals surface area contributed by atoms with Crippen molar-refractivity contribution >= 4 is 17.8 Å². The number of carboxylic acids is 1. The molecule has 0 aromatic heterocycles. The minimum Gasteiger partial charge on any atom is -0.475 e. The van der Waals surface area contributed by atoms with Gasteiger partial charge in [0.05, 0.1) is 6.04 Å². The molecule has 0 saturated heterocycles. The third kappa shape index (κ3) is 9.17. The van der Waals surface area contributed by atoms with Crippen molar-refractivity contribution in [2.45, 2.75) is 69.8 Å². The van der Waals surface area contributed by atoms with Crippen LogP contribution in [0.15, 0.2) is 42.5 Å². The molecule has 1 unspecified atom stereocenters. The Kier molecular flexibility index (Phi) is 10.1. The van der Waals surface area contributed by atoms with E-state index in [1.807, 2.05) is 18.2 Å². The topological polar surface area (TPSA) is 122 Å². The standard InChI is InChI=1S/C22H31N3O2.C2HF3O2/c1-15(23)22(27)24-19(10-8-16-5-3-2-4-6-16)11-12-21(26)25-20-14-17-7-9-18(20)13-17;3-2(4,5)1(6)7/h2-6,11-12,15,17-20H,7-10,13-14,23H2,1H3,(H,24,27)(H,25,26);(H,6,7)/b12-11+;/t15-,17-,18+,19-,20?;/m0./s1. The van der Waals surface area contributed by atoms with E-state index in [9.17, 15) is 22.8 Å². The lowest BCUT2D eigenvalue weighted by molar-refractivity contribution is -0.192. The maximum absolute atomic E-state index is 12.3. The second-order valence-corrected chi connectivity index (χ2v) is 8.88. The van der Waals surface area contributed by atoms with Gasteiger partial charge in [0.25, 0.3) is 0 Å². The summed E-state index contributed by atoms with van der Waals surface area (Å²) in [5.74, 6) is -1.57. The third-order valence-electron chi connectivity index (χ3n) is 6.12. The van der Waals surface area contributed by atoms with Crippen molar-refractivity contribution in [1.82, 2.24) is 10.6 Å². The number of fused-ring (bicyclic) bond motifs is 2. The van der Waals surface area contributed by atoms with Crippen molar-refractivity contribution in [2.24, 2.45) is 17.6 Å². The molecule has 2 amide bonds. The van der Waals surface area contributed by atoms with Gasteiger partial charge < -0.3 is 21.5 Å². The van der Waals surface area contributed by atoms with Crippen molar-refractivity contribution in [3.63, 3.8) is 0 Å². The first-order valence-corrected chi connectivity index (χ1v) is 11.3. The Morgan fingerprint density at radius 1 is 1.18 bits per heavy atom. The zero-order chi connectivity index (χ0) is 25.3. The van der Waals surface area contributed by atoms with Crippen LogP contribution in [-0.4, -0.2) is 47.2 Å². The molecule has 2 aliphatic rings. The third-order valence-corrected chi connectivity index (χ3v) is 6.12. The minimum absolute atomic E-state index is 0.0627. The molecule has 5 N–H and O–H groups in total. The Balaban J connectivity index is 0.000000509. The highest BCUT2D eigenvalue weighted by Crippen LogP contribution is 2.44. The highest BCUT2D eigenvalue weighted by atomic mass is 19.4. The molecule has 0 radical (unpaired) electrons. The molecule has 2 bridgehead atoms. The fourth-order valence-corrected chi connectivity index (χ4v) is 4.35. The number of carboxylic acid groups (broad SMARTS) is 1. The van der Waals surface area contributed by atoms with Gasteiger partial charge in [-0.2, -0.15) is 13.2 Å². The van der Waals surface area contributed by atoms with Gasteiger partial charge in [-0.25, -0.2) is 4.79 Å². The number of aliphatic carboxylic acids is 1. The highest BCUT2D eigenvalue weighted by Gasteiger charge is 2.40. The van der Waals surface area contributed by atoms with Crippen molar-refractivity contribution in [3.8, 4) is 0 Å². The summed E-state index contributed by atoms with van der Waals surface area (Å²) in [7, 11) is 0. The van der Waals surface area contributed by atoms with E-state index in [0.717, 1.165) is 25.2 Å². The van der Waals surface area contributed by atoms with Gasteiger partial charge in [0.15, 0.2) is 0 Å². The molecule has 34 heavy (non-hydrogen) atoms. The number of carbonyl (C=O) groups is 3. The van der Waals surface area contributed by atoms with Crippen LogP contribution < -0.4 is 16.4 Å². The van der Waals surface area contributed by atoms with E-state index >= 15 is 0 Å². The van der Waals surface area contributed by atoms with Crippen LogP contribution in [0.25, 0.3) is 0 Å². The monoisotopic (exact) mass is 483 g/mol. The minimum atomic E-state index is -5.08. The van der Waals surface area contributed by atoms with E-state index in [2.05, 4.69) is 22.8 Å². The SMILES string of the molecule is C[C@H](N)C(=O)N[C@H](/C=C/C(=O)NC1C[C@H]2CC[C@@H]1C2)CCc1ccccc1.O=C(O)C(F)(F)F. The number of hydrogen-bond acceptors (Lipinski definition) is 4. The number of rotatable bonds is 8. The van der Waals surface area contributed by atoms with Gasteiger partial charge in [0.1, 0.15) is 0 Å². The van der Waals surface area contributed by atoms with Crippen LogP contribution in [0.2, 0.25) is 0 Å². The molecular formula is C24H32F3N3O4. The average Bonchev–Trinajstić information content (AvgIpc) is 3.39.